The van der Waals surface area contributed by atoms with Crippen LogP contribution in [0.4, 0.5) is 17.3 Å². The van der Waals surface area contributed by atoms with E-state index in [2.05, 4.69) is 49.5 Å². The maximum atomic E-state index is 9.46. The molecule has 1 unspecified atom stereocenters. The molecule has 0 radical (unpaired) electrons. The van der Waals surface area contributed by atoms with E-state index < -0.39 is 0 Å². The highest BCUT2D eigenvalue weighted by atomic mass is 15.2. The number of nitrogens with one attached hydrogen (secondary N) is 4. The zero-order chi connectivity index (χ0) is 23.5. The minimum atomic E-state index is -0.101. The van der Waals surface area contributed by atoms with E-state index in [0.29, 0.717) is 11.6 Å². The summed E-state index contributed by atoms with van der Waals surface area (Å²) in [5, 5.41) is 29.1. The number of rotatable bonds is 7. The van der Waals surface area contributed by atoms with E-state index in [1.807, 2.05) is 30.5 Å². The Labute approximate surface area is 200 Å². The van der Waals surface area contributed by atoms with Crippen LogP contribution in [0.5, 0.6) is 0 Å². The van der Waals surface area contributed by atoms with E-state index in [1.54, 1.807) is 0 Å². The third-order valence-corrected chi connectivity index (χ3v) is 6.95. The fourth-order valence-electron chi connectivity index (χ4n) is 5.29. The van der Waals surface area contributed by atoms with Gasteiger partial charge in [0.25, 0.3) is 0 Å². The summed E-state index contributed by atoms with van der Waals surface area (Å²) in [5.41, 5.74) is 3.68. The number of fused-ring (bicyclic) bond motifs is 1. The zero-order valence-corrected chi connectivity index (χ0v) is 19.6. The van der Waals surface area contributed by atoms with Crippen LogP contribution in [0.2, 0.25) is 0 Å². The van der Waals surface area contributed by atoms with E-state index in [0.717, 1.165) is 72.8 Å². The highest BCUT2D eigenvalue weighted by molar-refractivity contribution is 6.05. The molecule has 2 aromatic heterocycles. The lowest BCUT2D eigenvalue weighted by molar-refractivity contribution is 0.538. The molecule has 1 aliphatic carbocycles. The lowest BCUT2D eigenvalue weighted by Crippen LogP contribution is -2.43. The van der Waals surface area contributed by atoms with Crippen LogP contribution < -0.4 is 20.9 Å². The van der Waals surface area contributed by atoms with Gasteiger partial charge in [0.15, 0.2) is 0 Å². The second kappa shape index (κ2) is 9.74. The lowest BCUT2D eigenvalue weighted by atomic mass is 10.1. The standard InChI is InChI=1S/C26H32N8/c1-18(31-25-9-7-21(17-30-25)33-12-10-29-11-13-33)32-26-23(16-28)22-8-6-19(15-27)14-24(22)34(26)20-4-2-3-5-20/h6-9,14,16-18,20,28-29,32H,2-5,10-13H2,1H3,(H,30,31). The Hall–Kier alpha value is -3.57. The van der Waals surface area contributed by atoms with Crippen molar-refractivity contribution in [2.24, 2.45) is 0 Å². The summed E-state index contributed by atoms with van der Waals surface area (Å²) in [4.78, 5) is 6.99. The zero-order valence-electron chi connectivity index (χ0n) is 19.6. The molecule has 3 aromatic rings. The molecule has 34 heavy (non-hydrogen) atoms. The number of nitrogens with zero attached hydrogens (tertiary/aromatic N) is 4. The molecule has 1 saturated heterocycles. The summed E-state index contributed by atoms with van der Waals surface area (Å²) < 4.78 is 2.32. The third kappa shape index (κ3) is 4.31. The highest BCUT2D eigenvalue weighted by Crippen LogP contribution is 2.39. The third-order valence-electron chi connectivity index (χ3n) is 6.95. The Kier molecular flexibility index (Phi) is 6.37. The molecule has 176 valence electrons. The first kappa shape index (κ1) is 22.2. The second-order valence-electron chi connectivity index (χ2n) is 9.21. The number of pyridine rings is 1. The molecule has 1 atom stereocenters. The first-order valence-corrected chi connectivity index (χ1v) is 12.2. The number of benzene rings is 1. The van der Waals surface area contributed by atoms with Crippen molar-refractivity contribution in [3.05, 3.63) is 47.7 Å². The van der Waals surface area contributed by atoms with Crippen molar-refractivity contribution >= 4 is 34.4 Å². The van der Waals surface area contributed by atoms with Crippen molar-refractivity contribution < 1.29 is 0 Å². The van der Waals surface area contributed by atoms with Gasteiger partial charge >= 0.3 is 0 Å². The smallest absolute Gasteiger partial charge is 0.127 e. The maximum absolute atomic E-state index is 9.46. The quantitative estimate of drug-likeness (QED) is 0.312. The summed E-state index contributed by atoms with van der Waals surface area (Å²) in [6, 6.07) is 12.6. The predicted octanol–water partition coefficient (Wildman–Crippen LogP) is 4.30. The van der Waals surface area contributed by atoms with Gasteiger partial charge in [0.05, 0.1) is 35.2 Å². The molecule has 0 spiro atoms. The molecule has 2 aliphatic rings. The molecular weight excluding hydrogens is 424 g/mol. The highest BCUT2D eigenvalue weighted by Gasteiger charge is 2.25. The predicted molar refractivity (Wildman–Crippen MR) is 138 cm³/mol. The van der Waals surface area contributed by atoms with Crippen LogP contribution in [-0.4, -0.2) is 48.1 Å². The van der Waals surface area contributed by atoms with Gasteiger partial charge in [-0.1, -0.05) is 18.9 Å². The fourth-order valence-corrected chi connectivity index (χ4v) is 5.29. The normalized spacial score (nSPS) is 17.5. The van der Waals surface area contributed by atoms with Gasteiger partial charge in [-0.2, -0.15) is 5.26 Å². The van der Waals surface area contributed by atoms with Crippen molar-refractivity contribution in [3.63, 3.8) is 0 Å². The van der Waals surface area contributed by atoms with Gasteiger partial charge < -0.3 is 30.8 Å². The maximum Gasteiger partial charge on any atom is 0.127 e. The van der Waals surface area contributed by atoms with Gasteiger partial charge in [-0.3, -0.25) is 0 Å². The Bertz CT molecular complexity index is 1190. The van der Waals surface area contributed by atoms with Crippen molar-refractivity contribution in [2.45, 2.75) is 44.8 Å². The average molecular weight is 457 g/mol. The first-order chi connectivity index (χ1) is 16.7. The van der Waals surface area contributed by atoms with Crippen LogP contribution in [0.25, 0.3) is 10.9 Å². The van der Waals surface area contributed by atoms with Gasteiger partial charge in [0, 0.05) is 49.4 Å². The van der Waals surface area contributed by atoms with Crippen LogP contribution in [0.15, 0.2) is 36.5 Å². The summed E-state index contributed by atoms with van der Waals surface area (Å²) in [6.45, 7) is 6.06. The molecule has 5 rings (SSSR count). The lowest BCUT2D eigenvalue weighted by Gasteiger charge is -2.29. The van der Waals surface area contributed by atoms with Crippen LogP contribution in [0.3, 0.4) is 0 Å². The molecule has 8 nitrogen and oxygen atoms in total. The minimum Gasteiger partial charge on any atom is -0.368 e. The number of hydrogen-bond acceptors (Lipinski definition) is 7. The molecular formula is C26H32N8. The molecule has 1 saturated carbocycles. The van der Waals surface area contributed by atoms with Crippen LogP contribution in [-0.2, 0) is 0 Å². The SMILES string of the molecule is CC(Nc1ccc(N2CCNCC2)cn1)Nc1c(C=N)c2ccc(C#N)cc2n1C1CCCC1. The van der Waals surface area contributed by atoms with Crippen molar-refractivity contribution in [3.8, 4) is 6.07 Å². The molecule has 1 aromatic carbocycles. The van der Waals surface area contributed by atoms with E-state index in [4.69, 9.17) is 5.41 Å². The number of anilines is 3. The van der Waals surface area contributed by atoms with E-state index in [-0.39, 0.29) is 6.17 Å². The number of nitriles is 1. The van der Waals surface area contributed by atoms with Gasteiger partial charge in [-0.15, -0.1) is 0 Å². The fraction of sp³-hybridized carbons (Fsp3) is 0.423. The van der Waals surface area contributed by atoms with Crippen LogP contribution >= 0.6 is 0 Å². The molecule has 0 amide bonds. The Morgan fingerprint density at radius 1 is 1.18 bits per heavy atom. The summed E-state index contributed by atoms with van der Waals surface area (Å²) >= 11 is 0. The largest absolute Gasteiger partial charge is 0.368 e. The molecule has 1 aliphatic heterocycles. The van der Waals surface area contributed by atoms with Crippen molar-refractivity contribution in [1.29, 1.82) is 10.7 Å². The number of aromatic nitrogens is 2. The van der Waals surface area contributed by atoms with Crippen molar-refractivity contribution in [1.82, 2.24) is 14.9 Å². The van der Waals surface area contributed by atoms with Gasteiger partial charge in [-0.05, 0) is 44.0 Å². The van der Waals surface area contributed by atoms with Gasteiger partial charge in [-0.25, -0.2) is 4.98 Å². The molecule has 0 bridgehead atoms. The van der Waals surface area contributed by atoms with E-state index in [1.165, 1.54) is 19.1 Å². The summed E-state index contributed by atoms with van der Waals surface area (Å²) in [5.74, 6) is 1.75. The summed E-state index contributed by atoms with van der Waals surface area (Å²) in [6.07, 6.45) is 7.90. The first-order valence-electron chi connectivity index (χ1n) is 12.2. The molecule has 3 heterocycles. The average Bonchev–Trinajstić information content (AvgIpc) is 3.50. The van der Waals surface area contributed by atoms with Crippen LogP contribution in [0, 0.1) is 16.7 Å². The second-order valence-corrected chi connectivity index (χ2v) is 9.21. The molecule has 8 heteroatoms. The summed E-state index contributed by atoms with van der Waals surface area (Å²) in [7, 11) is 0. The van der Waals surface area contributed by atoms with Crippen molar-refractivity contribution in [2.75, 3.05) is 41.7 Å². The minimum absolute atomic E-state index is 0.101. The van der Waals surface area contributed by atoms with E-state index in [9.17, 15) is 5.26 Å². The van der Waals surface area contributed by atoms with E-state index >= 15 is 0 Å². The molecule has 4 N–H and O–H groups in total. The monoisotopic (exact) mass is 456 g/mol. The topological polar surface area (TPSA) is 105 Å². The van der Waals surface area contributed by atoms with Gasteiger partial charge in [0.2, 0.25) is 0 Å². The van der Waals surface area contributed by atoms with Gasteiger partial charge in [0.1, 0.15) is 11.6 Å². The number of hydrogen-bond donors (Lipinski definition) is 4. The molecule has 2 fully saturated rings. The van der Waals surface area contributed by atoms with Crippen LogP contribution in [0.1, 0.15) is 49.8 Å². The Morgan fingerprint density at radius 2 is 1.97 bits per heavy atom. The Morgan fingerprint density at radius 3 is 2.65 bits per heavy atom. The number of piperazine rings is 1. The Balaban J connectivity index is 1.40.